The molecule has 1 amide bonds. The van der Waals surface area contributed by atoms with E-state index in [2.05, 4.69) is 19.1 Å². The Morgan fingerprint density at radius 1 is 1.17 bits per heavy atom. The summed E-state index contributed by atoms with van der Waals surface area (Å²) in [6.45, 7) is 3.29. The first kappa shape index (κ1) is 16.5. The highest BCUT2D eigenvalue weighted by molar-refractivity contribution is 5.94. The highest BCUT2D eigenvalue weighted by Crippen LogP contribution is 2.22. The van der Waals surface area contributed by atoms with E-state index in [0.29, 0.717) is 13.1 Å². The highest BCUT2D eigenvalue weighted by atomic mass is 19.1. The first-order valence-corrected chi connectivity index (χ1v) is 8.46. The number of rotatable bonds is 4. The molecule has 3 rings (SSSR count). The molecule has 0 aromatic heterocycles. The molecule has 0 saturated carbocycles. The van der Waals surface area contributed by atoms with Gasteiger partial charge >= 0.3 is 0 Å². The summed E-state index contributed by atoms with van der Waals surface area (Å²) in [7, 11) is 0. The van der Waals surface area contributed by atoms with Gasteiger partial charge in [-0.05, 0) is 36.2 Å². The fourth-order valence-corrected chi connectivity index (χ4v) is 3.01. The number of piperidine rings is 1. The van der Waals surface area contributed by atoms with E-state index in [4.69, 9.17) is 4.74 Å². The van der Waals surface area contributed by atoms with Crippen LogP contribution in [-0.2, 0) is 6.42 Å². The Balaban J connectivity index is 1.57. The van der Waals surface area contributed by atoms with Gasteiger partial charge in [-0.2, -0.15) is 0 Å². The topological polar surface area (TPSA) is 29.5 Å². The van der Waals surface area contributed by atoms with Crippen molar-refractivity contribution in [1.29, 1.82) is 0 Å². The second-order valence-corrected chi connectivity index (χ2v) is 6.09. The molecule has 3 nitrogen and oxygen atoms in total. The van der Waals surface area contributed by atoms with Crippen LogP contribution in [0.25, 0.3) is 0 Å². The van der Waals surface area contributed by atoms with Gasteiger partial charge in [0.2, 0.25) is 0 Å². The third kappa shape index (κ3) is 3.75. The van der Waals surface area contributed by atoms with Gasteiger partial charge in [0, 0.05) is 25.9 Å². The molecule has 0 aliphatic carbocycles. The van der Waals surface area contributed by atoms with E-state index < -0.39 is 5.82 Å². The lowest BCUT2D eigenvalue weighted by atomic mass is 10.1. The van der Waals surface area contributed by atoms with E-state index in [9.17, 15) is 9.18 Å². The number of nitrogens with zero attached hydrogens (tertiary/aromatic N) is 1. The van der Waals surface area contributed by atoms with Crippen molar-refractivity contribution >= 4 is 5.91 Å². The van der Waals surface area contributed by atoms with Crippen LogP contribution in [0.15, 0.2) is 48.5 Å². The van der Waals surface area contributed by atoms with E-state index in [0.717, 1.165) is 25.0 Å². The van der Waals surface area contributed by atoms with Gasteiger partial charge in [-0.25, -0.2) is 4.39 Å². The second kappa shape index (κ2) is 7.47. The van der Waals surface area contributed by atoms with Crippen LogP contribution in [0, 0.1) is 5.82 Å². The summed E-state index contributed by atoms with van der Waals surface area (Å²) in [6.07, 6.45) is 2.60. The summed E-state index contributed by atoms with van der Waals surface area (Å²) in [4.78, 5) is 14.1. The maximum Gasteiger partial charge on any atom is 0.256 e. The van der Waals surface area contributed by atoms with E-state index in [1.54, 1.807) is 17.0 Å². The van der Waals surface area contributed by atoms with Crippen molar-refractivity contribution in [2.75, 3.05) is 13.1 Å². The van der Waals surface area contributed by atoms with Gasteiger partial charge in [0.15, 0.2) is 0 Å². The Kier molecular flexibility index (Phi) is 5.14. The number of carbonyl (C=O) groups is 1. The van der Waals surface area contributed by atoms with Crippen molar-refractivity contribution in [3.63, 3.8) is 0 Å². The van der Waals surface area contributed by atoms with Crippen LogP contribution in [0.3, 0.4) is 0 Å². The summed E-state index contributed by atoms with van der Waals surface area (Å²) in [5.41, 5.74) is 1.40. The van der Waals surface area contributed by atoms with Gasteiger partial charge in [-0.15, -0.1) is 0 Å². The zero-order valence-corrected chi connectivity index (χ0v) is 13.9. The maximum absolute atomic E-state index is 13.8. The number of aryl methyl sites for hydroxylation is 1. The summed E-state index contributed by atoms with van der Waals surface area (Å²) in [6, 6.07) is 14.3. The quantitative estimate of drug-likeness (QED) is 0.847. The van der Waals surface area contributed by atoms with Gasteiger partial charge < -0.3 is 9.64 Å². The molecule has 24 heavy (non-hydrogen) atoms. The van der Waals surface area contributed by atoms with Crippen molar-refractivity contribution in [2.45, 2.75) is 32.3 Å². The molecule has 0 N–H and O–H groups in total. The van der Waals surface area contributed by atoms with Crippen LogP contribution < -0.4 is 4.74 Å². The van der Waals surface area contributed by atoms with Crippen molar-refractivity contribution in [1.82, 2.24) is 4.90 Å². The average molecular weight is 327 g/mol. The van der Waals surface area contributed by atoms with Gasteiger partial charge in [0.05, 0.1) is 5.56 Å². The predicted octanol–water partition coefficient (Wildman–Crippen LogP) is 4.07. The average Bonchev–Trinajstić information content (AvgIpc) is 2.62. The Hall–Kier alpha value is -2.36. The number of benzene rings is 2. The van der Waals surface area contributed by atoms with Crippen LogP contribution in [0.5, 0.6) is 5.75 Å². The molecule has 126 valence electrons. The van der Waals surface area contributed by atoms with Crippen LogP contribution >= 0.6 is 0 Å². The van der Waals surface area contributed by atoms with Gasteiger partial charge in [0.1, 0.15) is 17.7 Å². The summed E-state index contributed by atoms with van der Waals surface area (Å²) in [5, 5.41) is 0. The van der Waals surface area contributed by atoms with Crippen molar-refractivity contribution in [3.05, 3.63) is 65.5 Å². The zero-order chi connectivity index (χ0) is 16.9. The molecule has 0 spiro atoms. The monoisotopic (exact) mass is 327 g/mol. The van der Waals surface area contributed by atoms with Crippen LogP contribution in [0.2, 0.25) is 0 Å². The largest absolute Gasteiger partial charge is 0.490 e. The van der Waals surface area contributed by atoms with Gasteiger partial charge in [-0.3, -0.25) is 4.79 Å². The van der Waals surface area contributed by atoms with Crippen LogP contribution in [-0.4, -0.2) is 30.0 Å². The van der Waals surface area contributed by atoms with E-state index in [1.165, 1.54) is 17.7 Å². The number of carbonyl (C=O) groups excluding carboxylic acids is 1. The molecule has 1 aliphatic heterocycles. The molecule has 0 radical (unpaired) electrons. The molecule has 4 heteroatoms. The minimum Gasteiger partial charge on any atom is -0.490 e. The minimum atomic E-state index is -0.461. The molecular formula is C20H22FNO2. The Labute approximate surface area is 142 Å². The number of hydrogen-bond acceptors (Lipinski definition) is 2. The fraction of sp³-hybridized carbons (Fsp3) is 0.350. The molecule has 1 heterocycles. The Bertz CT molecular complexity index is 708. The lowest BCUT2D eigenvalue weighted by Crippen LogP contribution is -2.42. The number of hydrogen-bond donors (Lipinski definition) is 0. The van der Waals surface area contributed by atoms with Crippen molar-refractivity contribution in [2.24, 2.45) is 0 Å². The van der Waals surface area contributed by atoms with Crippen LogP contribution in [0.4, 0.5) is 4.39 Å². The molecular weight excluding hydrogens is 305 g/mol. The lowest BCUT2D eigenvalue weighted by molar-refractivity contribution is 0.0591. The first-order chi connectivity index (χ1) is 11.7. The number of halogens is 1. The normalized spacial score (nSPS) is 15.3. The lowest BCUT2D eigenvalue weighted by Gasteiger charge is -2.32. The van der Waals surface area contributed by atoms with E-state index in [1.807, 2.05) is 12.1 Å². The smallest absolute Gasteiger partial charge is 0.256 e. The molecule has 1 saturated heterocycles. The molecule has 2 aromatic rings. The molecule has 2 aromatic carbocycles. The van der Waals surface area contributed by atoms with Gasteiger partial charge in [-0.1, -0.05) is 31.2 Å². The van der Waals surface area contributed by atoms with E-state index in [-0.39, 0.29) is 17.6 Å². The fourth-order valence-electron chi connectivity index (χ4n) is 3.01. The maximum atomic E-state index is 13.8. The van der Waals surface area contributed by atoms with E-state index >= 15 is 0 Å². The van der Waals surface area contributed by atoms with Crippen molar-refractivity contribution < 1.29 is 13.9 Å². The molecule has 1 aliphatic rings. The SMILES string of the molecule is CCc1cccc(OC2CCN(C(=O)c3ccccc3F)CC2)c1. The summed E-state index contributed by atoms with van der Waals surface area (Å²) >= 11 is 0. The van der Waals surface area contributed by atoms with Gasteiger partial charge in [0.25, 0.3) is 5.91 Å². The predicted molar refractivity (Wildman–Crippen MR) is 91.8 cm³/mol. The Morgan fingerprint density at radius 3 is 2.62 bits per heavy atom. The molecule has 1 fully saturated rings. The first-order valence-electron chi connectivity index (χ1n) is 8.46. The minimum absolute atomic E-state index is 0.0989. The summed E-state index contributed by atoms with van der Waals surface area (Å²) in [5.74, 6) is 0.185. The third-order valence-electron chi connectivity index (χ3n) is 4.44. The highest BCUT2D eigenvalue weighted by Gasteiger charge is 2.26. The molecule has 0 unspecified atom stereocenters. The number of ether oxygens (including phenoxy) is 1. The van der Waals surface area contributed by atoms with Crippen LogP contribution in [0.1, 0.15) is 35.7 Å². The zero-order valence-electron chi connectivity index (χ0n) is 13.9. The third-order valence-corrected chi connectivity index (χ3v) is 4.44. The molecule has 0 bridgehead atoms. The number of likely N-dealkylation sites (tertiary alicyclic amines) is 1. The van der Waals surface area contributed by atoms with Crippen molar-refractivity contribution in [3.8, 4) is 5.75 Å². The summed E-state index contributed by atoms with van der Waals surface area (Å²) < 4.78 is 19.8. The standard InChI is InChI=1S/C20H22FNO2/c1-2-15-6-5-7-17(14-15)24-16-10-12-22(13-11-16)20(23)18-8-3-4-9-19(18)21/h3-9,14,16H,2,10-13H2,1H3. The molecule has 0 atom stereocenters. The Morgan fingerprint density at radius 2 is 1.92 bits per heavy atom. The second-order valence-electron chi connectivity index (χ2n) is 6.09. The number of amides is 1.